The number of nitrogens with one attached hydrogen (secondary N) is 2. The summed E-state index contributed by atoms with van der Waals surface area (Å²) in [6.45, 7) is 6.87. The van der Waals surface area contributed by atoms with Crippen LogP contribution in [0.15, 0.2) is 47.8 Å². The lowest BCUT2D eigenvalue weighted by Crippen LogP contribution is -2.05. The highest BCUT2D eigenvalue weighted by atomic mass is 32.1. The minimum Gasteiger partial charge on any atom is -0.485 e. The molecule has 0 atom stereocenters. The van der Waals surface area contributed by atoms with Gasteiger partial charge in [-0.3, -0.25) is 0 Å². The van der Waals surface area contributed by atoms with Gasteiger partial charge in [0, 0.05) is 37.2 Å². The van der Waals surface area contributed by atoms with E-state index in [4.69, 9.17) is 14.7 Å². The van der Waals surface area contributed by atoms with Gasteiger partial charge in [0.2, 0.25) is 0 Å². The van der Waals surface area contributed by atoms with E-state index in [1.165, 1.54) is 41.4 Å². The first-order chi connectivity index (χ1) is 17.5. The summed E-state index contributed by atoms with van der Waals surface area (Å²) in [6.07, 6.45) is 0. The lowest BCUT2D eigenvalue weighted by Gasteiger charge is -2.17. The average Bonchev–Trinajstić information content (AvgIpc) is 3.66. The molecule has 36 heavy (non-hydrogen) atoms. The normalized spacial score (nSPS) is 13.2. The molecule has 0 spiro atoms. The molecule has 0 unspecified atom stereocenters. The third-order valence-electron chi connectivity index (χ3n) is 7.16. The third kappa shape index (κ3) is 2.75. The first kappa shape index (κ1) is 20.5. The number of rotatable bonds is 2. The fourth-order valence-electron chi connectivity index (χ4n) is 5.41. The van der Waals surface area contributed by atoms with E-state index in [9.17, 15) is 0 Å². The van der Waals surface area contributed by atoms with E-state index in [0.717, 1.165) is 45.4 Å². The highest BCUT2D eigenvalue weighted by Gasteiger charge is 2.25. The Labute approximate surface area is 214 Å². The monoisotopic (exact) mass is 506 g/mol. The fourth-order valence-corrected chi connectivity index (χ4v) is 7.50. The number of imidazole rings is 2. The van der Waals surface area contributed by atoms with Gasteiger partial charge >= 0.3 is 0 Å². The summed E-state index contributed by atoms with van der Waals surface area (Å²) in [6, 6.07) is 15.6. The van der Waals surface area contributed by atoms with Gasteiger partial charge in [0.1, 0.15) is 24.0 Å². The predicted molar refractivity (Wildman–Crippen MR) is 151 cm³/mol. The average molecular weight is 507 g/mol. The number of aryl methyl sites for hydroxylation is 1. The molecule has 0 fully saturated rings. The van der Waals surface area contributed by atoms with Gasteiger partial charge in [-0.05, 0) is 47.5 Å². The lowest BCUT2D eigenvalue weighted by atomic mass is 10.0. The zero-order valence-electron chi connectivity index (χ0n) is 20.0. The number of nitrogens with zero attached hydrogens (tertiary/aromatic N) is 2. The molecular formula is C29H22N4OS2. The molecular weight excluding hydrogens is 484 g/mol. The Morgan fingerprint density at radius 1 is 0.944 bits per heavy atom. The molecule has 3 aromatic carbocycles. The fraction of sp³-hybridized carbons (Fsp3) is 0.172. The number of hydrogen-bond donors (Lipinski definition) is 2. The van der Waals surface area contributed by atoms with Crippen molar-refractivity contribution in [1.29, 1.82) is 0 Å². The van der Waals surface area contributed by atoms with Crippen molar-refractivity contribution in [3.63, 3.8) is 0 Å². The smallest absolute Gasteiger partial charge is 0.147 e. The molecule has 4 aromatic heterocycles. The second-order valence-corrected chi connectivity index (χ2v) is 11.8. The second-order valence-electron chi connectivity index (χ2n) is 9.83. The standard InChI is InChI=1S/C29H22N4OS2/c1-13(2)29-32-21-12-34-26-18(23(21)33-29)7-5-16-11-22(36-27(16)26)15-4-6-17-20(10-15)28-19(8-9-35-28)25-24(17)30-14(3)31-25/h4-11,13H,12H2,1-3H3,(H,30,31)(H,32,33). The summed E-state index contributed by atoms with van der Waals surface area (Å²) in [4.78, 5) is 17.9. The molecule has 176 valence electrons. The van der Waals surface area contributed by atoms with Gasteiger partial charge in [0.25, 0.3) is 0 Å². The molecule has 5 nitrogen and oxygen atoms in total. The second kappa shape index (κ2) is 7.18. The van der Waals surface area contributed by atoms with E-state index in [1.54, 1.807) is 22.7 Å². The van der Waals surface area contributed by atoms with E-state index in [0.29, 0.717) is 12.5 Å². The quantitative estimate of drug-likeness (QED) is 0.247. The van der Waals surface area contributed by atoms with Crippen LogP contribution in [0.1, 0.15) is 37.1 Å². The van der Waals surface area contributed by atoms with Crippen LogP contribution in [0.5, 0.6) is 5.75 Å². The van der Waals surface area contributed by atoms with Crippen molar-refractivity contribution in [1.82, 2.24) is 19.9 Å². The van der Waals surface area contributed by atoms with Gasteiger partial charge in [-0.25, -0.2) is 9.97 Å². The van der Waals surface area contributed by atoms with Gasteiger partial charge in [0.15, 0.2) is 0 Å². The molecule has 1 aliphatic heterocycles. The van der Waals surface area contributed by atoms with Crippen molar-refractivity contribution < 1.29 is 4.74 Å². The maximum Gasteiger partial charge on any atom is 0.147 e. The van der Waals surface area contributed by atoms with E-state index >= 15 is 0 Å². The van der Waals surface area contributed by atoms with Crippen LogP contribution in [0.2, 0.25) is 0 Å². The molecule has 1 aliphatic rings. The number of aromatic nitrogens is 4. The molecule has 0 bridgehead atoms. The first-order valence-corrected chi connectivity index (χ1v) is 13.8. The van der Waals surface area contributed by atoms with Gasteiger partial charge in [0.05, 0.1) is 27.1 Å². The molecule has 0 saturated carbocycles. The SMILES string of the molecule is Cc1nc2c3ccsc3c3cc(-c4cc5ccc6c(c5s4)OCc4[nH]c(C(C)C)nc4-6)ccc3c2[nH]1. The molecule has 7 heteroatoms. The summed E-state index contributed by atoms with van der Waals surface area (Å²) >= 11 is 3.58. The maximum absolute atomic E-state index is 6.30. The number of benzene rings is 3. The highest BCUT2D eigenvalue weighted by Crippen LogP contribution is 2.47. The van der Waals surface area contributed by atoms with Gasteiger partial charge < -0.3 is 14.7 Å². The number of fused-ring (bicyclic) bond motifs is 11. The van der Waals surface area contributed by atoms with Crippen LogP contribution < -0.4 is 4.74 Å². The van der Waals surface area contributed by atoms with Crippen LogP contribution in [-0.4, -0.2) is 19.9 Å². The van der Waals surface area contributed by atoms with Crippen LogP contribution in [0.25, 0.3) is 63.7 Å². The minimum atomic E-state index is 0.353. The lowest BCUT2D eigenvalue weighted by molar-refractivity contribution is 0.302. The topological polar surface area (TPSA) is 66.6 Å². The number of H-pyrrole nitrogens is 2. The summed E-state index contributed by atoms with van der Waals surface area (Å²) in [5.41, 5.74) is 6.58. The zero-order chi connectivity index (χ0) is 24.1. The van der Waals surface area contributed by atoms with Crippen molar-refractivity contribution in [2.75, 3.05) is 0 Å². The largest absolute Gasteiger partial charge is 0.485 e. The van der Waals surface area contributed by atoms with Crippen LogP contribution in [0, 0.1) is 6.92 Å². The Balaban J connectivity index is 1.32. The summed E-state index contributed by atoms with van der Waals surface area (Å²) in [5, 5.41) is 7.08. The van der Waals surface area contributed by atoms with Crippen LogP contribution >= 0.6 is 22.7 Å². The van der Waals surface area contributed by atoms with E-state index < -0.39 is 0 Å². The number of ether oxygens (including phenoxy) is 1. The number of hydrogen-bond acceptors (Lipinski definition) is 5. The number of aromatic amines is 2. The summed E-state index contributed by atoms with van der Waals surface area (Å²) in [5.74, 6) is 3.27. The van der Waals surface area contributed by atoms with Gasteiger partial charge in [-0.15, -0.1) is 22.7 Å². The Hall–Kier alpha value is -3.68. The molecule has 0 saturated heterocycles. The molecule has 5 heterocycles. The molecule has 8 rings (SSSR count). The Morgan fingerprint density at radius 3 is 2.75 bits per heavy atom. The van der Waals surface area contributed by atoms with E-state index in [2.05, 4.69) is 71.7 Å². The van der Waals surface area contributed by atoms with Crippen LogP contribution in [-0.2, 0) is 6.61 Å². The summed E-state index contributed by atoms with van der Waals surface area (Å²) in [7, 11) is 0. The molecule has 0 aliphatic carbocycles. The number of thiophene rings is 2. The molecule has 0 amide bonds. The molecule has 7 aromatic rings. The Kier molecular flexibility index (Phi) is 4.09. The molecule has 0 radical (unpaired) electrons. The van der Waals surface area contributed by atoms with Crippen molar-refractivity contribution in [2.24, 2.45) is 0 Å². The maximum atomic E-state index is 6.30. The van der Waals surface area contributed by atoms with Crippen LogP contribution in [0.4, 0.5) is 0 Å². The third-order valence-corrected chi connectivity index (χ3v) is 9.31. The van der Waals surface area contributed by atoms with E-state index in [1.807, 2.05) is 6.92 Å². The van der Waals surface area contributed by atoms with Crippen molar-refractivity contribution >= 4 is 64.7 Å². The first-order valence-electron chi connectivity index (χ1n) is 12.1. The predicted octanol–water partition coefficient (Wildman–Crippen LogP) is 8.53. The minimum absolute atomic E-state index is 0.353. The van der Waals surface area contributed by atoms with Crippen LogP contribution in [0.3, 0.4) is 0 Å². The zero-order valence-corrected chi connectivity index (χ0v) is 21.7. The Morgan fingerprint density at radius 2 is 1.86 bits per heavy atom. The summed E-state index contributed by atoms with van der Waals surface area (Å²) < 4.78 is 8.78. The molecule has 2 N–H and O–H groups in total. The van der Waals surface area contributed by atoms with Gasteiger partial charge in [-0.1, -0.05) is 32.0 Å². The van der Waals surface area contributed by atoms with E-state index in [-0.39, 0.29) is 0 Å². The van der Waals surface area contributed by atoms with Crippen molar-refractivity contribution in [3.8, 4) is 27.4 Å². The Bertz CT molecular complexity index is 2000. The van der Waals surface area contributed by atoms with Crippen molar-refractivity contribution in [3.05, 3.63) is 65.2 Å². The van der Waals surface area contributed by atoms with Crippen molar-refractivity contribution in [2.45, 2.75) is 33.3 Å². The highest BCUT2D eigenvalue weighted by molar-refractivity contribution is 7.22. The van der Waals surface area contributed by atoms with Gasteiger partial charge in [-0.2, -0.15) is 0 Å².